The van der Waals surface area contributed by atoms with Crippen LogP contribution in [0.25, 0.3) is 10.8 Å². The van der Waals surface area contributed by atoms with Crippen molar-refractivity contribution < 1.29 is 9.90 Å². The number of carbonyl (C=O) groups excluding carboxylic acids is 1. The van der Waals surface area contributed by atoms with E-state index in [2.05, 4.69) is 10.6 Å². The Labute approximate surface area is 105 Å². The number of amides is 1. The molecule has 1 aliphatic heterocycles. The van der Waals surface area contributed by atoms with Crippen molar-refractivity contribution in [3.05, 3.63) is 36.4 Å². The molecule has 0 saturated carbocycles. The minimum Gasteiger partial charge on any atom is -0.507 e. The van der Waals surface area contributed by atoms with Gasteiger partial charge in [0.1, 0.15) is 5.75 Å². The van der Waals surface area contributed by atoms with Crippen molar-refractivity contribution in [2.45, 2.75) is 0 Å². The number of carbonyl (C=O) groups is 1. The normalized spacial score (nSPS) is 15.3. The van der Waals surface area contributed by atoms with Gasteiger partial charge in [-0.15, -0.1) is 0 Å². The molecule has 0 radical (unpaired) electrons. The van der Waals surface area contributed by atoms with Gasteiger partial charge in [0.05, 0.1) is 5.92 Å². The maximum absolute atomic E-state index is 11.9. The molecule has 18 heavy (non-hydrogen) atoms. The van der Waals surface area contributed by atoms with Gasteiger partial charge >= 0.3 is 0 Å². The highest BCUT2D eigenvalue weighted by Gasteiger charge is 2.25. The fourth-order valence-electron chi connectivity index (χ4n) is 2.11. The number of hydrogen-bond acceptors (Lipinski definition) is 3. The Morgan fingerprint density at radius 3 is 2.61 bits per heavy atom. The van der Waals surface area contributed by atoms with Crippen molar-refractivity contribution in [2.75, 3.05) is 18.4 Å². The van der Waals surface area contributed by atoms with E-state index < -0.39 is 0 Å². The Bertz CT molecular complexity index is 606. The van der Waals surface area contributed by atoms with Gasteiger partial charge in [-0.25, -0.2) is 0 Å². The van der Waals surface area contributed by atoms with Crippen LogP contribution < -0.4 is 10.6 Å². The van der Waals surface area contributed by atoms with Crippen LogP contribution >= 0.6 is 0 Å². The molecule has 3 N–H and O–H groups in total. The smallest absolute Gasteiger partial charge is 0.230 e. The average Bonchev–Trinajstić information content (AvgIpc) is 2.28. The summed E-state index contributed by atoms with van der Waals surface area (Å²) < 4.78 is 0. The minimum absolute atomic E-state index is 0.0320. The summed E-state index contributed by atoms with van der Waals surface area (Å²) in [5.74, 6) is 0.316. The number of benzene rings is 2. The number of phenolic OH excluding ortho intramolecular Hbond substituents is 1. The molecule has 1 amide bonds. The van der Waals surface area contributed by atoms with Gasteiger partial charge in [0.2, 0.25) is 5.91 Å². The third-order valence-electron chi connectivity index (χ3n) is 3.31. The summed E-state index contributed by atoms with van der Waals surface area (Å²) in [7, 11) is 0. The van der Waals surface area contributed by atoms with Gasteiger partial charge in [-0.3, -0.25) is 4.79 Å². The minimum atomic E-state index is 0.0320. The zero-order valence-corrected chi connectivity index (χ0v) is 9.81. The van der Waals surface area contributed by atoms with Gasteiger partial charge in [0.25, 0.3) is 0 Å². The van der Waals surface area contributed by atoms with Crippen molar-refractivity contribution in [3.8, 4) is 5.75 Å². The van der Waals surface area contributed by atoms with Crippen LogP contribution in [0, 0.1) is 5.92 Å². The molecule has 2 aromatic carbocycles. The first-order chi connectivity index (χ1) is 8.75. The summed E-state index contributed by atoms with van der Waals surface area (Å²) in [5, 5.41) is 17.4. The second-order valence-electron chi connectivity index (χ2n) is 4.52. The lowest BCUT2D eigenvalue weighted by Gasteiger charge is -2.26. The monoisotopic (exact) mass is 242 g/mol. The van der Waals surface area contributed by atoms with E-state index in [9.17, 15) is 9.90 Å². The van der Waals surface area contributed by atoms with E-state index in [-0.39, 0.29) is 17.6 Å². The van der Waals surface area contributed by atoms with E-state index in [1.54, 1.807) is 12.1 Å². The summed E-state index contributed by atoms with van der Waals surface area (Å²) >= 11 is 0. The molecule has 92 valence electrons. The first kappa shape index (κ1) is 11.0. The second-order valence-corrected chi connectivity index (χ2v) is 4.52. The SMILES string of the molecule is O=C(Nc1cccc2c(O)cccc12)C1CNC1. The van der Waals surface area contributed by atoms with E-state index in [0.29, 0.717) is 0 Å². The summed E-state index contributed by atoms with van der Waals surface area (Å²) in [6.45, 7) is 1.48. The second kappa shape index (κ2) is 4.31. The van der Waals surface area contributed by atoms with Crippen molar-refractivity contribution >= 4 is 22.4 Å². The van der Waals surface area contributed by atoms with E-state index in [0.717, 1.165) is 29.5 Å². The Morgan fingerprint density at radius 2 is 1.89 bits per heavy atom. The zero-order valence-electron chi connectivity index (χ0n) is 9.81. The Hall–Kier alpha value is -2.07. The molecule has 0 spiro atoms. The highest BCUT2D eigenvalue weighted by Crippen LogP contribution is 2.30. The molecule has 0 unspecified atom stereocenters. The number of fused-ring (bicyclic) bond motifs is 1. The molecule has 1 heterocycles. The fraction of sp³-hybridized carbons (Fsp3) is 0.214. The van der Waals surface area contributed by atoms with Gasteiger partial charge in [-0.2, -0.15) is 0 Å². The Balaban J connectivity index is 1.96. The van der Waals surface area contributed by atoms with Crippen LogP contribution in [0.1, 0.15) is 0 Å². The molecule has 1 aliphatic rings. The maximum Gasteiger partial charge on any atom is 0.230 e. The van der Waals surface area contributed by atoms with Crippen molar-refractivity contribution in [1.29, 1.82) is 0 Å². The summed E-state index contributed by atoms with van der Waals surface area (Å²) in [4.78, 5) is 11.9. The predicted molar refractivity (Wildman–Crippen MR) is 70.6 cm³/mol. The molecular formula is C14H14N2O2. The lowest BCUT2D eigenvalue weighted by Crippen LogP contribution is -2.48. The zero-order chi connectivity index (χ0) is 12.5. The molecule has 1 fully saturated rings. The predicted octanol–water partition coefficient (Wildman–Crippen LogP) is 1.70. The Morgan fingerprint density at radius 1 is 1.17 bits per heavy atom. The average molecular weight is 242 g/mol. The highest BCUT2D eigenvalue weighted by molar-refractivity contribution is 6.04. The quantitative estimate of drug-likeness (QED) is 0.751. The van der Waals surface area contributed by atoms with Crippen LogP contribution in [0.5, 0.6) is 5.75 Å². The molecule has 3 rings (SSSR count). The molecule has 0 aromatic heterocycles. The molecule has 4 heteroatoms. The highest BCUT2D eigenvalue weighted by atomic mass is 16.3. The third kappa shape index (κ3) is 1.80. The van der Waals surface area contributed by atoms with Crippen LogP contribution in [-0.4, -0.2) is 24.1 Å². The van der Waals surface area contributed by atoms with Gasteiger partial charge in [0.15, 0.2) is 0 Å². The van der Waals surface area contributed by atoms with Crippen LogP contribution in [0.4, 0.5) is 5.69 Å². The molecule has 0 bridgehead atoms. The number of aromatic hydroxyl groups is 1. The standard InChI is InChI=1S/C14H14N2O2/c17-13-6-2-3-10-11(13)4-1-5-12(10)16-14(18)9-7-15-8-9/h1-6,9,15,17H,7-8H2,(H,16,18). The van der Waals surface area contributed by atoms with Crippen LogP contribution in [0.2, 0.25) is 0 Å². The lowest BCUT2D eigenvalue weighted by atomic mass is 10.0. The number of nitrogens with one attached hydrogen (secondary N) is 2. The summed E-state index contributed by atoms with van der Waals surface area (Å²) in [5.41, 5.74) is 0.750. The van der Waals surface area contributed by atoms with Crippen molar-refractivity contribution in [2.24, 2.45) is 5.92 Å². The van der Waals surface area contributed by atoms with E-state index in [1.165, 1.54) is 0 Å². The molecule has 2 aromatic rings. The van der Waals surface area contributed by atoms with E-state index in [1.807, 2.05) is 24.3 Å². The fourth-order valence-corrected chi connectivity index (χ4v) is 2.11. The molecule has 1 saturated heterocycles. The van der Waals surface area contributed by atoms with Crippen molar-refractivity contribution in [1.82, 2.24) is 5.32 Å². The van der Waals surface area contributed by atoms with E-state index in [4.69, 9.17) is 0 Å². The van der Waals surface area contributed by atoms with Crippen molar-refractivity contribution in [3.63, 3.8) is 0 Å². The van der Waals surface area contributed by atoms with E-state index >= 15 is 0 Å². The van der Waals surface area contributed by atoms with Crippen LogP contribution in [0.3, 0.4) is 0 Å². The van der Waals surface area contributed by atoms with Gasteiger partial charge in [-0.05, 0) is 12.1 Å². The summed E-state index contributed by atoms with van der Waals surface area (Å²) in [6, 6.07) is 10.8. The van der Waals surface area contributed by atoms with Gasteiger partial charge in [0, 0.05) is 29.5 Å². The number of rotatable bonds is 2. The topological polar surface area (TPSA) is 61.4 Å². The number of phenols is 1. The van der Waals surface area contributed by atoms with Crippen LogP contribution in [0.15, 0.2) is 36.4 Å². The largest absolute Gasteiger partial charge is 0.507 e. The maximum atomic E-state index is 11.9. The Kier molecular flexibility index (Phi) is 2.64. The first-order valence-electron chi connectivity index (χ1n) is 5.98. The number of hydrogen-bond donors (Lipinski definition) is 3. The van der Waals surface area contributed by atoms with Gasteiger partial charge < -0.3 is 15.7 Å². The lowest BCUT2D eigenvalue weighted by molar-refractivity contribution is -0.121. The molecular weight excluding hydrogens is 228 g/mol. The third-order valence-corrected chi connectivity index (χ3v) is 3.31. The number of anilines is 1. The molecule has 4 nitrogen and oxygen atoms in total. The first-order valence-corrected chi connectivity index (χ1v) is 5.98. The van der Waals surface area contributed by atoms with Crippen LogP contribution in [-0.2, 0) is 4.79 Å². The van der Waals surface area contributed by atoms with Gasteiger partial charge in [-0.1, -0.05) is 24.3 Å². The summed E-state index contributed by atoms with van der Waals surface area (Å²) in [6.07, 6.45) is 0. The molecule has 0 aliphatic carbocycles. The molecule has 0 atom stereocenters.